The Balaban J connectivity index is 2.20. The standard InChI is InChI=1S/C12H10N4O2/c1-15-8-14-16(12(15)18)7-11(17)10-4-2-9(6-13)3-5-10/h2-5,8H,7H2,1H3. The molecule has 0 unspecified atom stereocenters. The van der Waals surface area contributed by atoms with Gasteiger partial charge in [-0.2, -0.15) is 10.4 Å². The SMILES string of the molecule is Cn1cnn(CC(=O)c2ccc(C#N)cc2)c1=O. The quantitative estimate of drug-likeness (QED) is 0.727. The Labute approximate surface area is 103 Å². The maximum atomic E-state index is 11.9. The lowest BCUT2D eigenvalue weighted by atomic mass is 10.1. The van der Waals surface area contributed by atoms with Crippen LogP contribution in [0, 0.1) is 11.3 Å². The first-order valence-electron chi connectivity index (χ1n) is 5.23. The Morgan fingerprint density at radius 2 is 2.06 bits per heavy atom. The van der Waals surface area contributed by atoms with Gasteiger partial charge in [-0.1, -0.05) is 12.1 Å². The van der Waals surface area contributed by atoms with E-state index in [2.05, 4.69) is 5.10 Å². The number of rotatable bonds is 3. The second-order valence-electron chi connectivity index (χ2n) is 3.79. The number of carbonyl (C=O) groups is 1. The van der Waals surface area contributed by atoms with Crippen molar-refractivity contribution in [3.05, 3.63) is 52.2 Å². The van der Waals surface area contributed by atoms with E-state index in [4.69, 9.17) is 5.26 Å². The van der Waals surface area contributed by atoms with Crippen LogP contribution in [0.15, 0.2) is 35.4 Å². The van der Waals surface area contributed by atoms with E-state index >= 15 is 0 Å². The second-order valence-corrected chi connectivity index (χ2v) is 3.79. The monoisotopic (exact) mass is 242 g/mol. The summed E-state index contributed by atoms with van der Waals surface area (Å²) in [5.41, 5.74) is 0.602. The van der Waals surface area contributed by atoms with Gasteiger partial charge in [-0.3, -0.25) is 9.36 Å². The summed E-state index contributed by atoms with van der Waals surface area (Å²) in [6.07, 6.45) is 1.36. The van der Waals surface area contributed by atoms with Crippen molar-refractivity contribution in [1.82, 2.24) is 14.3 Å². The van der Waals surface area contributed by atoms with Crippen molar-refractivity contribution in [3.63, 3.8) is 0 Å². The average molecular weight is 242 g/mol. The summed E-state index contributed by atoms with van der Waals surface area (Å²) in [5.74, 6) is -0.222. The van der Waals surface area contributed by atoms with Gasteiger partial charge in [0, 0.05) is 12.6 Å². The van der Waals surface area contributed by atoms with E-state index < -0.39 is 0 Å². The number of nitriles is 1. The van der Waals surface area contributed by atoms with E-state index in [0.29, 0.717) is 11.1 Å². The van der Waals surface area contributed by atoms with Crippen molar-refractivity contribution < 1.29 is 4.79 Å². The van der Waals surface area contributed by atoms with Crippen LogP contribution >= 0.6 is 0 Å². The predicted molar refractivity (Wildman–Crippen MR) is 63.0 cm³/mol. The van der Waals surface area contributed by atoms with Crippen LogP contribution in [0.1, 0.15) is 15.9 Å². The van der Waals surface area contributed by atoms with Gasteiger partial charge in [0.1, 0.15) is 12.9 Å². The van der Waals surface area contributed by atoms with Crippen molar-refractivity contribution in [1.29, 1.82) is 5.26 Å². The molecule has 0 aliphatic carbocycles. The number of aryl methyl sites for hydroxylation is 1. The van der Waals surface area contributed by atoms with Gasteiger partial charge < -0.3 is 0 Å². The Hall–Kier alpha value is -2.68. The van der Waals surface area contributed by atoms with E-state index in [1.807, 2.05) is 6.07 Å². The smallest absolute Gasteiger partial charge is 0.292 e. The molecule has 0 N–H and O–H groups in total. The number of nitrogens with zero attached hydrogens (tertiary/aromatic N) is 4. The third kappa shape index (κ3) is 2.20. The highest BCUT2D eigenvalue weighted by atomic mass is 16.2. The predicted octanol–water partition coefficient (Wildman–Crippen LogP) is 0.336. The largest absolute Gasteiger partial charge is 0.345 e. The number of aromatic nitrogens is 3. The third-order valence-electron chi connectivity index (χ3n) is 2.52. The molecule has 1 aromatic heterocycles. The van der Waals surface area contributed by atoms with Gasteiger partial charge >= 0.3 is 5.69 Å². The molecule has 0 radical (unpaired) electrons. The summed E-state index contributed by atoms with van der Waals surface area (Å²) in [6.45, 7) is -0.106. The summed E-state index contributed by atoms with van der Waals surface area (Å²) in [4.78, 5) is 23.4. The van der Waals surface area contributed by atoms with Crippen molar-refractivity contribution in [2.45, 2.75) is 6.54 Å². The highest BCUT2D eigenvalue weighted by molar-refractivity contribution is 5.95. The van der Waals surface area contributed by atoms with Crippen LogP contribution in [0.5, 0.6) is 0 Å². The van der Waals surface area contributed by atoms with Gasteiger partial charge in [0.25, 0.3) is 0 Å². The molecule has 0 bridgehead atoms. The average Bonchev–Trinajstić information content (AvgIpc) is 2.71. The molecule has 0 aliphatic heterocycles. The van der Waals surface area contributed by atoms with Crippen molar-refractivity contribution in [2.75, 3.05) is 0 Å². The Bertz CT molecular complexity index is 673. The van der Waals surface area contributed by atoms with Gasteiger partial charge in [-0.25, -0.2) is 9.48 Å². The molecule has 18 heavy (non-hydrogen) atoms. The lowest BCUT2D eigenvalue weighted by molar-refractivity contribution is 0.0966. The maximum absolute atomic E-state index is 11.9. The van der Waals surface area contributed by atoms with Gasteiger partial charge in [-0.05, 0) is 12.1 Å². The summed E-state index contributed by atoms with van der Waals surface area (Å²) in [7, 11) is 1.57. The van der Waals surface area contributed by atoms with Crippen molar-refractivity contribution in [3.8, 4) is 6.07 Å². The molecule has 2 aromatic rings. The normalized spacial score (nSPS) is 10.0. The molecule has 0 aliphatic rings. The molecule has 0 saturated heterocycles. The van der Waals surface area contributed by atoms with Gasteiger partial charge in [0.15, 0.2) is 5.78 Å². The van der Waals surface area contributed by atoms with Crippen LogP contribution in [0.3, 0.4) is 0 Å². The fourth-order valence-corrected chi connectivity index (χ4v) is 1.49. The number of hydrogen-bond donors (Lipinski definition) is 0. The van der Waals surface area contributed by atoms with Crippen LogP contribution in [0.2, 0.25) is 0 Å². The van der Waals surface area contributed by atoms with E-state index in [0.717, 1.165) is 4.68 Å². The highest BCUT2D eigenvalue weighted by Crippen LogP contribution is 2.04. The third-order valence-corrected chi connectivity index (χ3v) is 2.52. The second kappa shape index (κ2) is 4.67. The summed E-state index contributed by atoms with van der Waals surface area (Å²) < 4.78 is 2.40. The number of carbonyl (C=O) groups excluding carboxylic acids is 1. The summed E-state index contributed by atoms with van der Waals surface area (Å²) in [6, 6.07) is 8.23. The first kappa shape index (κ1) is 11.8. The van der Waals surface area contributed by atoms with Crippen LogP contribution in [0.25, 0.3) is 0 Å². The molecule has 6 nitrogen and oxygen atoms in total. The van der Waals surface area contributed by atoms with Crippen molar-refractivity contribution >= 4 is 5.78 Å². The molecule has 0 amide bonds. The summed E-state index contributed by atoms with van der Waals surface area (Å²) >= 11 is 0. The topological polar surface area (TPSA) is 80.7 Å². The number of hydrogen-bond acceptors (Lipinski definition) is 4. The fourth-order valence-electron chi connectivity index (χ4n) is 1.49. The minimum Gasteiger partial charge on any atom is -0.292 e. The Morgan fingerprint density at radius 3 is 2.56 bits per heavy atom. The summed E-state index contributed by atoms with van der Waals surface area (Å²) in [5, 5.41) is 12.5. The van der Waals surface area contributed by atoms with Gasteiger partial charge in [-0.15, -0.1) is 0 Å². The molecule has 2 rings (SSSR count). The van der Waals surface area contributed by atoms with Gasteiger partial charge in [0.2, 0.25) is 0 Å². The Morgan fingerprint density at radius 1 is 1.39 bits per heavy atom. The molecule has 1 aromatic carbocycles. The van der Waals surface area contributed by atoms with Crippen LogP contribution < -0.4 is 5.69 Å². The number of ketones is 1. The molecular weight excluding hydrogens is 232 g/mol. The van der Waals surface area contributed by atoms with Gasteiger partial charge in [0.05, 0.1) is 11.6 Å². The molecule has 0 saturated carbocycles. The number of Topliss-reactive ketones (excluding diaryl/α,β-unsaturated/α-hetero) is 1. The minimum absolute atomic E-state index is 0.106. The zero-order valence-corrected chi connectivity index (χ0v) is 9.70. The Kier molecular flexibility index (Phi) is 3.06. The molecule has 0 atom stereocenters. The van der Waals surface area contributed by atoms with Crippen LogP contribution in [-0.2, 0) is 13.6 Å². The first-order valence-corrected chi connectivity index (χ1v) is 5.23. The molecule has 0 fully saturated rings. The van der Waals surface area contributed by atoms with E-state index in [1.165, 1.54) is 10.9 Å². The molecule has 1 heterocycles. The highest BCUT2D eigenvalue weighted by Gasteiger charge is 2.10. The van der Waals surface area contributed by atoms with Crippen LogP contribution in [0.4, 0.5) is 0 Å². The number of benzene rings is 1. The van der Waals surface area contributed by atoms with E-state index in [9.17, 15) is 9.59 Å². The maximum Gasteiger partial charge on any atom is 0.345 e. The van der Waals surface area contributed by atoms with E-state index in [-0.39, 0.29) is 18.0 Å². The molecule has 6 heteroatoms. The molecule has 90 valence electrons. The molecular formula is C12H10N4O2. The lowest BCUT2D eigenvalue weighted by Gasteiger charge is -2.00. The minimum atomic E-state index is -0.336. The zero-order valence-electron chi connectivity index (χ0n) is 9.70. The fraction of sp³-hybridized carbons (Fsp3) is 0.167. The molecule has 0 spiro atoms. The lowest BCUT2D eigenvalue weighted by Crippen LogP contribution is -2.26. The zero-order chi connectivity index (χ0) is 13.1. The van der Waals surface area contributed by atoms with Crippen LogP contribution in [-0.4, -0.2) is 20.1 Å². The first-order chi connectivity index (χ1) is 8.61. The van der Waals surface area contributed by atoms with E-state index in [1.54, 1.807) is 31.3 Å². The van der Waals surface area contributed by atoms with Crippen molar-refractivity contribution in [2.24, 2.45) is 7.05 Å².